The summed E-state index contributed by atoms with van der Waals surface area (Å²) in [5, 5.41) is 2.21. The molecule has 0 amide bonds. The fraction of sp³-hybridized carbons (Fsp3) is 0.455. The molecule has 0 bridgehead atoms. The monoisotopic (exact) mass is 251 g/mol. The van der Waals surface area contributed by atoms with Crippen LogP contribution in [0.5, 0.6) is 5.75 Å². The Kier molecular flexibility index (Phi) is 4.34. The molecule has 0 fully saturated rings. The third-order valence-electron chi connectivity index (χ3n) is 2.26. The van der Waals surface area contributed by atoms with E-state index in [1.165, 1.54) is 26.2 Å². The van der Waals surface area contributed by atoms with Gasteiger partial charge in [0.2, 0.25) is 0 Å². The van der Waals surface area contributed by atoms with Gasteiger partial charge in [0.25, 0.3) is 0 Å². The first kappa shape index (κ1) is 13.8. The van der Waals surface area contributed by atoms with Crippen LogP contribution in [0.1, 0.15) is 18.5 Å². The van der Waals surface area contributed by atoms with E-state index in [9.17, 15) is 17.6 Å². The van der Waals surface area contributed by atoms with Gasteiger partial charge in [0.05, 0.1) is 7.11 Å². The molecule has 1 unspecified atom stereocenters. The third-order valence-corrected chi connectivity index (χ3v) is 2.26. The van der Waals surface area contributed by atoms with Crippen LogP contribution in [-0.2, 0) is 0 Å². The lowest BCUT2D eigenvalue weighted by Gasteiger charge is -2.22. The number of alkyl halides is 3. The first-order chi connectivity index (χ1) is 7.91. The highest BCUT2D eigenvalue weighted by atomic mass is 19.4. The second-order valence-corrected chi connectivity index (χ2v) is 3.40. The van der Waals surface area contributed by atoms with Gasteiger partial charge in [0.1, 0.15) is 6.04 Å². The Labute approximate surface area is 96.6 Å². The lowest BCUT2D eigenvalue weighted by Crippen LogP contribution is -2.34. The zero-order valence-corrected chi connectivity index (χ0v) is 9.44. The topological polar surface area (TPSA) is 21.3 Å². The maximum atomic E-state index is 13.7. The summed E-state index contributed by atoms with van der Waals surface area (Å²) >= 11 is 0. The Balaban J connectivity index is 3.19. The molecule has 17 heavy (non-hydrogen) atoms. The molecule has 6 heteroatoms. The second kappa shape index (κ2) is 5.35. The lowest BCUT2D eigenvalue weighted by molar-refractivity contribution is -0.158. The molecular formula is C11H13F4NO. The molecule has 0 aromatic heterocycles. The number of nitrogens with one attached hydrogen (secondary N) is 1. The first-order valence-corrected chi connectivity index (χ1v) is 5.04. The fourth-order valence-electron chi connectivity index (χ4n) is 1.51. The molecular weight excluding hydrogens is 238 g/mol. The Morgan fingerprint density at radius 3 is 2.47 bits per heavy atom. The highest BCUT2D eigenvalue weighted by Crippen LogP contribution is 2.35. The van der Waals surface area contributed by atoms with E-state index in [4.69, 9.17) is 0 Å². The summed E-state index contributed by atoms with van der Waals surface area (Å²) in [5.74, 6) is -1.19. The van der Waals surface area contributed by atoms with Crippen molar-refractivity contribution >= 4 is 0 Å². The Morgan fingerprint density at radius 2 is 2.00 bits per heavy atom. The van der Waals surface area contributed by atoms with Crippen molar-refractivity contribution in [1.82, 2.24) is 5.32 Å². The Bertz CT molecular complexity index is 378. The number of methoxy groups -OCH3 is 1. The Morgan fingerprint density at radius 1 is 1.35 bits per heavy atom. The number of hydrogen-bond acceptors (Lipinski definition) is 2. The van der Waals surface area contributed by atoms with Crippen molar-refractivity contribution in [2.24, 2.45) is 0 Å². The van der Waals surface area contributed by atoms with Crippen LogP contribution in [0.2, 0.25) is 0 Å². The highest BCUT2D eigenvalue weighted by molar-refractivity contribution is 5.33. The third kappa shape index (κ3) is 3.09. The molecule has 2 nitrogen and oxygen atoms in total. The number of ether oxygens (including phenoxy) is 1. The molecule has 1 aromatic carbocycles. The van der Waals surface area contributed by atoms with Gasteiger partial charge in [0.15, 0.2) is 11.6 Å². The smallest absolute Gasteiger partial charge is 0.408 e. The highest BCUT2D eigenvalue weighted by Gasteiger charge is 2.42. The molecule has 0 aliphatic heterocycles. The van der Waals surface area contributed by atoms with E-state index in [0.717, 1.165) is 6.07 Å². The van der Waals surface area contributed by atoms with Crippen LogP contribution in [0.25, 0.3) is 0 Å². The summed E-state index contributed by atoms with van der Waals surface area (Å²) in [6.45, 7) is 1.61. The summed E-state index contributed by atoms with van der Waals surface area (Å²) in [6, 6.07) is 1.67. The van der Waals surface area contributed by atoms with Gasteiger partial charge in [-0.15, -0.1) is 0 Å². The van der Waals surface area contributed by atoms with Crippen LogP contribution in [-0.4, -0.2) is 19.8 Å². The van der Waals surface area contributed by atoms with Crippen molar-refractivity contribution in [2.75, 3.05) is 13.7 Å². The summed E-state index contributed by atoms with van der Waals surface area (Å²) in [7, 11) is 1.21. The standard InChI is InChI=1S/C11H13F4NO/c1-3-16-10(11(13,14)15)7-5-4-6-8(17-2)9(7)12/h4-6,10,16H,3H2,1-2H3. The first-order valence-electron chi connectivity index (χ1n) is 5.04. The average Bonchev–Trinajstić information content (AvgIpc) is 2.25. The largest absolute Gasteiger partial charge is 0.494 e. The van der Waals surface area contributed by atoms with Crippen molar-refractivity contribution in [2.45, 2.75) is 19.1 Å². The van der Waals surface area contributed by atoms with Gasteiger partial charge in [-0.25, -0.2) is 4.39 Å². The molecule has 1 N–H and O–H groups in total. The van der Waals surface area contributed by atoms with Crippen molar-refractivity contribution in [3.8, 4) is 5.75 Å². The minimum atomic E-state index is -4.55. The molecule has 0 radical (unpaired) electrons. The maximum absolute atomic E-state index is 13.7. The predicted octanol–water partition coefficient (Wildman–Crippen LogP) is 3.05. The molecule has 0 saturated carbocycles. The molecule has 0 aliphatic rings. The molecule has 96 valence electrons. The van der Waals surface area contributed by atoms with Crippen LogP contribution in [0.15, 0.2) is 18.2 Å². The number of rotatable bonds is 4. The zero-order chi connectivity index (χ0) is 13.1. The van der Waals surface area contributed by atoms with Crippen LogP contribution in [0.4, 0.5) is 17.6 Å². The predicted molar refractivity (Wildman–Crippen MR) is 55.4 cm³/mol. The van der Waals surface area contributed by atoms with Gasteiger partial charge in [-0.05, 0) is 12.6 Å². The minimum Gasteiger partial charge on any atom is -0.494 e. The molecule has 1 atom stereocenters. The quantitative estimate of drug-likeness (QED) is 0.830. The lowest BCUT2D eigenvalue weighted by atomic mass is 10.1. The SMILES string of the molecule is CCNC(c1cccc(OC)c1F)C(F)(F)F. The summed E-state index contributed by atoms with van der Waals surface area (Å²) in [5.41, 5.74) is -0.460. The average molecular weight is 251 g/mol. The van der Waals surface area contributed by atoms with E-state index in [1.54, 1.807) is 0 Å². The molecule has 0 spiro atoms. The number of benzene rings is 1. The summed E-state index contributed by atoms with van der Waals surface area (Å²) in [6.07, 6.45) is -4.55. The van der Waals surface area contributed by atoms with Gasteiger partial charge in [-0.3, -0.25) is 0 Å². The summed E-state index contributed by atoms with van der Waals surface area (Å²) in [4.78, 5) is 0. The minimum absolute atomic E-state index is 0.0842. The second-order valence-electron chi connectivity index (χ2n) is 3.40. The van der Waals surface area contributed by atoms with E-state index in [1.807, 2.05) is 0 Å². The normalized spacial score (nSPS) is 13.5. The molecule has 0 heterocycles. The van der Waals surface area contributed by atoms with Crippen molar-refractivity contribution in [3.63, 3.8) is 0 Å². The van der Waals surface area contributed by atoms with Crippen molar-refractivity contribution in [1.29, 1.82) is 0 Å². The van der Waals surface area contributed by atoms with Crippen LogP contribution in [0.3, 0.4) is 0 Å². The number of halogens is 4. The van der Waals surface area contributed by atoms with Crippen LogP contribution in [0, 0.1) is 5.82 Å². The van der Waals surface area contributed by atoms with Crippen LogP contribution < -0.4 is 10.1 Å². The van der Waals surface area contributed by atoms with Gasteiger partial charge < -0.3 is 10.1 Å². The van der Waals surface area contributed by atoms with E-state index in [2.05, 4.69) is 10.1 Å². The van der Waals surface area contributed by atoms with Gasteiger partial charge in [-0.2, -0.15) is 13.2 Å². The zero-order valence-electron chi connectivity index (χ0n) is 9.44. The van der Waals surface area contributed by atoms with E-state index >= 15 is 0 Å². The number of hydrogen-bond donors (Lipinski definition) is 1. The summed E-state index contributed by atoms with van der Waals surface area (Å²) < 4.78 is 56.6. The van der Waals surface area contributed by atoms with Crippen LogP contribution >= 0.6 is 0 Å². The molecule has 1 aromatic rings. The fourth-order valence-corrected chi connectivity index (χ4v) is 1.51. The van der Waals surface area contributed by atoms with E-state index < -0.39 is 23.6 Å². The van der Waals surface area contributed by atoms with E-state index in [0.29, 0.717) is 0 Å². The molecule has 1 rings (SSSR count). The Hall–Kier alpha value is -1.30. The van der Waals surface area contributed by atoms with E-state index in [-0.39, 0.29) is 12.3 Å². The molecule has 0 saturated heterocycles. The van der Waals surface area contributed by atoms with Gasteiger partial charge in [-0.1, -0.05) is 19.1 Å². The maximum Gasteiger partial charge on any atom is 0.408 e. The van der Waals surface area contributed by atoms with Crippen molar-refractivity contribution < 1.29 is 22.3 Å². The molecule has 0 aliphatic carbocycles. The van der Waals surface area contributed by atoms with Gasteiger partial charge >= 0.3 is 6.18 Å². The van der Waals surface area contributed by atoms with Gasteiger partial charge in [0, 0.05) is 5.56 Å². The van der Waals surface area contributed by atoms with Crippen molar-refractivity contribution in [3.05, 3.63) is 29.6 Å².